The van der Waals surface area contributed by atoms with E-state index in [-0.39, 0.29) is 5.56 Å². The third kappa shape index (κ3) is 3.91. The lowest BCUT2D eigenvalue weighted by molar-refractivity contribution is -0.0898. The first kappa shape index (κ1) is 20.0. The highest BCUT2D eigenvalue weighted by atomic mass is 16.3. The molecular weight excluding hydrogens is 360 g/mol. The maximum absolute atomic E-state index is 12.0. The van der Waals surface area contributed by atoms with Crippen molar-refractivity contribution in [3.05, 3.63) is 57.2 Å². The van der Waals surface area contributed by atoms with Crippen molar-refractivity contribution in [1.82, 2.24) is 30.0 Å². The standard InChI is InChI=1S/C19H26N6O3/c1-10-15(9-25(12(3)26)13(4)27)11(2)23-16(10)7-17-18(21-6-5-20-17)14-8-22-24-19(14)28/h5-6,8,12-13,23,26-27H,7,9H2,1-4H3,(H2,22,24,28). The van der Waals surface area contributed by atoms with E-state index in [1.54, 1.807) is 37.3 Å². The van der Waals surface area contributed by atoms with Crippen LogP contribution in [0.3, 0.4) is 0 Å². The topological polar surface area (TPSA) is 134 Å². The molecule has 0 aliphatic heterocycles. The number of aliphatic hydroxyl groups excluding tert-OH is 2. The van der Waals surface area contributed by atoms with Gasteiger partial charge < -0.3 is 20.3 Å². The molecule has 0 aliphatic rings. The van der Waals surface area contributed by atoms with Gasteiger partial charge in [-0.05, 0) is 38.8 Å². The van der Waals surface area contributed by atoms with E-state index in [1.807, 2.05) is 13.8 Å². The Hall–Kier alpha value is -2.75. The van der Waals surface area contributed by atoms with E-state index in [0.717, 1.165) is 22.5 Å². The Balaban J connectivity index is 1.94. The quantitative estimate of drug-likeness (QED) is 0.387. The van der Waals surface area contributed by atoms with Crippen LogP contribution in [-0.4, -0.2) is 52.7 Å². The number of aromatic amines is 3. The number of H-pyrrole nitrogens is 3. The molecule has 0 bridgehead atoms. The summed E-state index contributed by atoms with van der Waals surface area (Å²) in [5, 5.41) is 25.1. The lowest BCUT2D eigenvalue weighted by Gasteiger charge is -2.28. The molecule has 0 spiro atoms. The normalized spacial score (nSPS) is 13.8. The van der Waals surface area contributed by atoms with Crippen molar-refractivity contribution in [2.24, 2.45) is 0 Å². The minimum atomic E-state index is -0.774. The van der Waals surface area contributed by atoms with Gasteiger partial charge >= 0.3 is 0 Å². The Morgan fingerprint density at radius 2 is 1.82 bits per heavy atom. The molecular formula is C19H26N6O3. The van der Waals surface area contributed by atoms with Crippen molar-refractivity contribution in [3.63, 3.8) is 0 Å². The van der Waals surface area contributed by atoms with Crippen molar-refractivity contribution in [1.29, 1.82) is 0 Å². The summed E-state index contributed by atoms with van der Waals surface area (Å²) in [6.45, 7) is 7.63. The van der Waals surface area contributed by atoms with E-state index in [9.17, 15) is 15.0 Å². The van der Waals surface area contributed by atoms with Crippen molar-refractivity contribution >= 4 is 0 Å². The summed E-state index contributed by atoms with van der Waals surface area (Å²) in [7, 11) is 0. The van der Waals surface area contributed by atoms with Crippen LogP contribution in [0.2, 0.25) is 0 Å². The van der Waals surface area contributed by atoms with E-state index >= 15 is 0 Å². The molecule has 0 radical (unpaired) electrons. The molecule has 150 valence electrons. The first-order valence-corrected chi connectivity index (χ1v) is 9.14. The van der Waals surface area contributed by atoms with Gasteiger partial charge in [0.15, 0.2) is 0 Å². The fourth-order valence-electron chi connectivity index (χ4n) is 3.40. The van der Waals surface area contributed by atoms with Gasteiger partial charge in [-0.1, -0.05) is 0 Å². The molecule has 3 rings (SSSR count). The van der Waals surface area contributed by atoms with E-state index in [0.29, 0.717) is 29.9 Å². The van der Waals surface area contributed by atoms with E-state index < -0.39 is 12.5 Å². The zero-order valence-electron chi connectivity index (χ0n) is 16.4. The maximum Gasteiger partial charge on any atom is 0.273 e. The highest BCUT2D eigenvalue weighted by molar-refractivity contribution is 5.60. The zero-order chi connectivity index (χ0) is 20.4. The molecule has 0 saturated heterocycles. The molecule has 2 unspecified atom stereocenters. The number of aromatic nitrogens is 5. The van der Waals surface area contributed by atoms with Gasteiger partial charge in [0.2, 0.25) is 0 Å². The van der Waals surface area contributed by atoms with E-state index in [1.165, 1.54) is 0 Å². The van der Waals surface area contributed by atoms with Crippen LogP contribution in [0.25, 0.3) is 11.3 Å². The van der Waals surface area contributed by atoms with Crippen LogP contribution in [0.15, 0.2) is 23.4 Å². The van der Waals surface area contributed by atoms with Crippen molar-refractivity contribution < 1.29 is 10.2 Å². The molecule has 2 atom stereocenters. The van der Waals surface area contributed by atoms with Gasteiger partial charge in [0, 0.05) is 42.9 Å². The Morgan fingerprint density at radius 1 is 1.14 bits per heavy atom. The average molecular weight is 386 g/mol. The lowest BCUT2D eigenvalue weighted by Crippen LogP contribution is -2.39. The molecule has 0 amide bonds. The number of nitrogens with one attached hydrogen (secondary N) is 3. The minimum Gasteiger partial charge on any atom is -0.379 e. The highest BCUT2D eigenvalue weighted by Gasteiger charge is 2.22. The summed E-state index contributed by atoms with van der Waals surface area (Å²) in [5.74, 6) is 0. The summed E-state index contributed by atoms with van der Waals surface area (Å²) >= 11 is 0. The van der Waals surface area contributed by atoms with Gasteiger partial charge in [-0.25, -0.2) is 4.90 Å². The first-order valence-electron chi connectivity index (χ1n) is 9.14. The van der Waals surface area contributed by atoms with Crippen molar-refractivity contribution in [2.45, 2.75) is 53.1 Å². The van der Waals surface area contributed by atoms with Gasteiger partial charge in [-0.2, -0.15) is 0 Å². The summed E-state index contributed by atoms with van der Waals surface area (Å²) in [6.07, 6.45) is 3.68. The largest absolute Gasteiger partial charge is 0.379 e. The van der Waals surface area contributed by atoms with E-state index in [4.69, 9.17) is 0 Å². The van der Waals surface area contributed by atoms with Gasteiger partial charge in [-0.15, -0.1) is 0 Å². The second-order valence-corrected chi connectivity index (χ2v) is 6.95. The van der Waals surface area contributed by atoms with Crippen molar-refractivity contribution in [3.8, 4) is 11.3 Å². The van der Waals surface area contributed by atoms with Crippen LogP contribution in [-0.2, 0) is 13.0 Å². The smallest absolute Gasteiger partial charge is 0.273 e. The molecule has 3 aromatic heterocycles. The van der Waals surface area contributed by atoms with Crippen LogP contribution < -0.4 is 5.56 Å². The number of nitrogens with zero attached hydrogens (tertiary/aromatic N) is 3. The molecule has 0 aliphatic carbocycles. The van der Waals surface area contributed by atoms with Gasteiger partial charge in [0.05, 0.1) is 17.0 Å². The van der Waals surface area contributed by atoms with Gasteiger partial charge in [-0.3, -0.25) is 19.9 Å². The van der Waals surface area contributed by atoms with Crippen molar-refractivity contribution in [2.75, 3.05) is 0 Å². The number of hydrogen-bond donors (Lipinski definition) is 5. The van der Waals surface area contributed by atoms with Gasteiger partial charge in [0.25, 0.3) is 5.56 Å². The lowest BCUT2D eigenvalue weighted by atomic mass is 10.0. The zero-order valence-corrected chi connectivity index (χ0v) is 16.4. The molecule has 3 heterocycles. The SMILES string of the molecule is Cc1[nH]c(Cc2nccnc2-c2c[nH][nH]c2=O)c(C)c1CN(C(C)O)C(C)O. The third-order valence-corrected chi connectivity index (χ3v) is 5.02. The molecule has 28 heavy (non-hydrogen) atoms. The number of hydrogen-bond acceptors (Lipinski definition) is 6. The predicted octanol–water partition coefficient (Wildman–Crippen LogP) is 1.17. The van der Waals surface area contributed by atoms with Crippen LogP contribution in [0.5, 0.6) is 0 Å². The minimum absolute atomic E-state index is 0.244. The van der Waals surface area contributed by atoms with Crippen LogP contribution in [0.1, 0.15) is 42.1 Å². The highest BCUT2D eigenvalue weighted by Crippen LogP contribution is 2.25. The van der Waals surface area contributed by atoms with Gasteiger partial charge in [0.1, 0.15) is 12.5 Å². The Kier molecular flexibility index (Phi) is 5.78. The predicted molar refractivity (Wildman–Crippen MR) is 104 cm³/mol. The Morgan fingerprint density at radius 3 is 2.43 bits per heavy atom. The third-order valence-electron chi connectivity index (χ3n) is 5.02. The fourth-order valence-corrected chi connectivity index (χ4v) is 3.40. The monoisotopic (exact) mass is 386 g/mol. The Bertz CT molecular complexity index is 993. The molecule has 9 nitrogen and oxygen atoms in total. The molecule has 0 fully saturated rings. The average Bonchev–Trinajstić information content (AvgIpc) is 3.17. The summed E-state index contributed by atoms with van der Waals surface area (Å²) < 4.78 is 0. The number of aryl methyl sites for hydroxylation is 1. The summed E-state index contributed by atoms with van der Waals surface area (Å²) in [6, 6.07) is 0. The summed E-state index contributed by atoms with van der Waals surface area (Å²) in [5.41, 5.74) is 5.38. The number of aliphatic hydroxyl groups is 2. The number of rotatable bonds is 7. The van der Waals surface area contributed by atoms with Crippen LogP contribution in [0, 0.1) is 13.8 Å². The second-order valence-electron chi connectivity index (χ2n) is 6.95. The molecule has 0 saturated carbocycles. The molecule has 9 heteroatoms. The molecule has 5 N–H and O–H groups in total. The van der Waals surface area contributed by atoms with Crippen LogP contribution in [0.4, 0.5) is 0 Å². The van der Waals surface area contributed by atoms with E-state index in [2.05, 4.69) is 25.1 Å². The maximum atomic E-state index is 12.0. The second kappa shape index (κ2) is 8.09. The molecule has 3 aromatic rings. The Labute approximate surface area is 162 Å². The molecule has 0 aromatic carbocycles. The first-order chi connectivity index (χ1) is 13.3. The fraction of sp³-hybridized carbons (Fsp3) is 0.421. The summed E-state index contributed by atoms with van der Waals surface area (Å²) in [4.78, 5) is 25.7. The van der Waals surface area contributed by atoms with Crippen LogP contribution >= 0.6 is 0 Å².